The topological polar surface area (TPSA) is 12.4 Å². The third-order valence-electron chi connectivity index (χ3n) is 3.43. The standard InChI is InChI=1S/C15H21N/c1-2-6-10-14(11-7-3-1)15-12-8-4-5-9-13-16-15/h4-5,8-9,12-14H,1-3,6-7,10-11H2. The van der Waals surface area contributed by atoms with Crippen molar-refractivity contribution in [3.63, 3.8) is 0 Å². The number of hydrogen-bond donors (Lipinski definition) is 0. The van der Waals surface area contributed by atoms with Gasteiger partial charge in [-0.25, -0.2) is 0 Å². The van der Waals surface area contributed by atoms with Crippen molar-refractivity contribution in [3.8, 4) is 0 Å². The Kier molecular flexibility index (Phi) is 4.60. The zero-order chi connectivity index (χ0) is 11.1. The fraction of sp³-hybridized carbons (Fsp3) is 0.533. The molecular weight excluding hydrogens is 194 g/mol. The van der Waals surface area contributed by atoms with E-state index >= 15 is 0 Å². The summed E-state index contributed by atoms with van der Waals surface area (Å²) in [6, 6.07) is 0. The van der Waals surface area contributed by atoms with Crippen LogP contribution in [0.1, 0.15) is 44.9 Å². The molecule has 0 saturated heterocycles. The fourth-order valence-corrected chi connectivity index (χ4v) is 2.50. The van der Waals surface area contributed by atoms with Crippen molar-refractivity contribution in [2.24, 2.45) is 10.9 Å². The number of aliphatic imine (C=N–C) groups is 1. The normalized spacial score (nSPS) is 23.1. The van der Waals surface area contributed by atoms with Gasteiger partial charge in [-0.2, -0.15) is 0 Å². The van der Waals surface area contributed by atoms with Gasteiger partial charge in [-0.3, -0.25) is 4.99 Å². The van der Waals surface area contributed by atoms with Gasteiger partial charge < -0.3 is 0 Å². The summed E-state index contributed by atoms with van der Waals surface area (Å²) in [6.07, 6.45) is 22.0. The molecule has 0 aromatic rings. The Morgan fingerprint density at radius 1 is 0.812 bits per heavy atom. The second kappa shape index (κ2) is 6.47. The van der Waals surface area contributed by atoms with Gasteiger partial charge in [0.15, 0.2) is 0 Å². The van der Waals surface area contributed by atoms with Crippen LogP contribution in [0.5, 0.6) is 0 Å². The van der Waals surface area contributed by atoms with Crippen LogP contribution in [0.15, 0.2) is 41.6 Å². The van der Waals surface area contributed by atoms with E-state index in [0.29, 0.717) is 5.92 Å². The Morgan fingerprint density at radius 3 is 2.31 bits per heavy atom. The van der Waals surface area contributed by atoms with Gasteiger partial charge >= 0.3 is 0 Å². The first-order valence-corrected chi connectivity index (χ1v) is 6.54. The van der Waals surface area contributed by atoms with Crippen molar-refractivity contribution < 1.29 is 0 Å². The summed E-state index contributed by atoms with van der Waals surface area (Å²) in [6.45, 7) is 0. The van der Waals surface area contributed by atoms with Crippen molar-refractivity contribution in [1.82, 2.24) is 0 Å². The van der Waals surface area contributed by atoms with Gasteiger partial charge in [-0.15, -0.1) is 0 Å². The van der Waals surface area contributed by atoms with Crippen LogP contribution < -0.4 is 0 Å². The third-order valence-corrected chi connectivity index (χ3v) is 3.43. The minimum Gasteiger partial charge on any atom is -0.261 e. The number of nitrogens with zero attached hydrogens (tertiary/aromatic N) is 1. The molecule has 0 atom stereocenters. The Labute approximate surface area is 98.7 Å². The van der Waals surface area contributed by atoms with Gasteiger partial charge in [0, 0.05) is 17.8 Å². The van der Waals surface area contributed by atoms with Crippen LogP contribution in [0, 0.1) is 5.92 Å². The molecule has 2 aliphatic rings. The molecule has 0 bridgehead atoms. The molecule has 0 unspecified atom stereocenters. The van der Waals surface area contributed by atoms with Crippen molar-refractivity contribution in [3.05, 3.63) is 36.6 Å². The second-order valence-electron chi connectivity index (χ2n) is 4.68. The minimum absolute atomic E-state index is 0.688. The lowest BCUT2D eigenvalue weighted by Crippen LogP contribution is -2.14. The van der Waals surface area contributed by atoms with E-state index in [9.17, 15) is 0 Å². The van der Waals surface area contributed by atoms with E-state index in [4.69, 9.17) is 0 Å². The summed E-state index contributed by atoms with van der Waals surface area (Å²) in [5.74, 6) is 0.688. The molecule has 0 N–H and O–H groups in total. The summed E-state index contributed by atoms with van der Waals surface area (Å²) >= 11 is 0. The van der Waals surface area contributed by atoms with E-state index in [1.165, 1.54) is 50.7 Å². The van der Waals surface area contributed by atoms with Crippen molar-refractivity contribution in [2.75, 3.05) is 0 Å². The average molecular weight is 215 g/mol. The maximum absolute atomic E-state index is 4.58. The molecule has 1 saturated carbocycles. The molecule has 0 spiro atoms. The zero-order valence-electron chi connectivity index (χ0n) is 9.94. The van der Waals surface area contributed by atoms with Crippen LogP contribution in [-0.4, -0.2) is 5.71 Å². The molecule has 1 aliphatic carbocycles. The summed E-state index contributed by atoms with van der Waals surface area (Å²) < 4.78 is 0. The zero-order valence-corrected chi connectivity index (χ0v) is 9.94. The van der Waals surface area contributed by atoms with E-state index in [1.54, 1.807) is 0 Å². The summed E-state index contributed by atoms with van der Waals surface area (Å²) in [5.41, 5.74) is 1.28. The maximum Gasteiger partial charge on any atom is 0.0434 e. The van der Waals surface area contributed by atoms with Crippen LogP contribution in [0.3, 0.4) is 0 Å². The van der Waals surface area contributed by atoms with Gasteiger partial charge in [0.1, 0.15) is 0 Å². The monoisotopic (exact) mass is 215 g/mol. The van der Waals surface area contributed by atoms with Gasteiger partial charge in [-0.1, -0.05) is 50.3 Å². The van der Waals surface area contributed by atoms with Crippen LogP contribution in [0.4, 0.5) is 0 Å². The summed E-state index contributed by atoms with van der Waals surface area (Å²) in [4.78, 5) is 4.58. The van der Waals surface area contributed by atoms with E-state index in [2.05, 4.69) is 23.2 Å². The first kappa shape index (κ1) is 11.4. The van der Waals surface area contributed by atoms with Crippen LogP contribution in [0.25, 0.3) is 0 Å². The summed E-state index contributed by atoms with van der Waals surface area (Å²) in [7, 11) is 0. The molecule has 0 amide bonds. The Bertz CT molecular complexity index is 312. The highest BCUT2D eigenvalue weighted by atomic mass is 14.7. The van der Waals surface area contributed by atoms with E-state index < -0.39 is 0 Å². The molecule has 0 aromatic heterocycles. The van der Waals surface area contributed by atoms with Crippen LogP contribution in [-0.2, 0) is 0 Å². The molecule has 1 nitrogen and oxygen atoms in total. The lowest BCUT2D eigenvalue weighted by molar-refractivity contribution is 0.453. The van der Waals surface area contributed by atoms with Crippen molar-refractivity contribution in [2.45, 2.75) is 44.9 Å². The van der Waals surface area contributed by atoms with Gasteiger partial charge in [0.05, 0.1) is 0 Å². The minimum atomic E-state index is 0.688. The van der Waals surface area contributed by atoms with Crippen molar-refractivity contribution in [1.29, 1.82) is 0 Å². The average Bonchev–Trinajstić information content (AvgIpc) is 2.18. The highest BCUT2D eigenvalue weighted by molar-refractivity contribution is 5.97. The van der Waals surface area contributed by atoms with Gasteiger partial charge in [0.25, 0.3) is 0 Å². The van der Waals surface area contributed by atoms with Gasteiger partial charge in [-0.05, 0) is 25.0 Å². The molecule has 1 aliphatic heterocycles. The smallest absolute Gasteiger partial charge is 0.0434 e. The molecule has 16 heavy (non-hydrogen) atoms. The third kappa shape index (κ3) is 3.48. The molecule has 1 heterocycles. The van der Waals surface area contributed by atoms with E-state index in [-0.39, 0.29) is 0 Å². The Hall–Kier alpha value is -1.11. The Morgan fingerprint density at radius 2 is 1.50 bits per heavy atom. The van der Waals surface area contributed by atoms with E-state index in [0.717, 1.165) is 0 Å². The SMILES string of the molecule is C1=CC=CC(C2CCCCCCC2)=NC=C1. The summed E-state index contributed by atoms with van der Waals surface area (Å²) in [5, 5.41) is 0. The Balaban J connectivity index is 2.03. The highest BCUT2D eigenvalue weighted by Crippen LogP contribution is 2.24. The lowest BCUT2D eigenvalue weighted by Gasteiger charge is -2.19. The van der Waals surface area contributed by atoms with Gasteiger partial charge in [0.2, 0.25) is 0 Å². The molecular formula is C15H21N. The molecule has 0 radical (unpaired) electrons. The molecule has 86 valence electrons. The first-order chi connectivity index (χ1) is 7.97. The highest BCUT2D eigenvalue weighted by Gasteiger charge is 2.15. The predicted molar refractivity (Wildman–Crippen MR) is 70.7 cm³/mol. The molecule has 2 rings (SSSR count). The van der Waals surface area contributed by atoms with Crippen LogP contribution in [0.2, 0.25) is 0 Å². The number of rotatable bonds is 1. The number of hydrogen-bond acceptors (Lipinski definition) is 1. The molecule has 0 aromatic carbocycles. The van der Waals surface area contributed by atoms with E-state index in [1.807, 2.05) is 18.4 Å². The largest absolute Gasteiger partial charge is 0.261 e. The second-order valence-corrected chi connectivity index (χ2v) is 4.68. The van der Waals surface area contributed by atoms with Crippen LogP contribution >= 0.6 is 0 Å². The lowest BCUT2D eigenvalue weighted by atomic mass is 9.87. The molecule has 1 heteroatoms. The molecule has 1 fully saturated rings. The predicted octanol–water partition coefficient (Wildman–Crippen LogP) is 4.43. The quantitative estimate of drug-likeness (QED) is 0.613. The van der Waals surface area contributed by atoms with Crippen molar-refractivity contribution >= 4 is 5.71 Å². The fourth-order valence-electron chi connectivity index (χ4n) is 2.50. The number of allylic oxidation sites excluding steroid dienone is 5. The first-order valence-electron chi connectivity index (χ1n) is 6.54. The maximum atomic E-state index is 4.58.